The maximum Gasteiger partial charge on any atom is 0.258 e. The number of hydrogen-bond donors (Lipinski definition) is 0. The Morgan fingerprint density at radius 2 is 1.81 bits per heavy atom. The van der Waals surface area contributed by atoms with E-state index in [1.807, 2.05) is 18.2 Å². The molecule has 106 valence electrons. The van der Waals surface area contributed by atoms with Crippen molar-refractivity contribution >= 4 is 17.4 Å². The van der Waals surface area contributed by atoms with Gasteiger partial charge in [-0.15, -0.1) is 0 Å². The van der Waals surface area contributed by atoms with Gasteiger partial charge in [-0.2, -0.15) is 0 Å². The molecule has 3 rings (SSSR count). The maximum absolute atomic E-state index is 12.6. The lowest BCUT2D eigenvalue weighted by Gasteiger charge is -2.30. The molecule has 0 unspecified atom stereocenters. The average Bonchev–Trinajstić information content (AvgIpc) is 2.54. The van der Waals surface area contributed by atoms with E-state index < -0.39 is 0 Å². The van der Waals surface area contributed by atoms with Gasteiger partial charge in [0.05, 0.1) is 12.2 Å². The van der Waals surface area contributed by atoms with Gasteiger partial charge in [0.2, 0.25) is 0 Å². The molecular formula is C17H15NO3. The number of rotatable bonds is 2. The molecule has 0 fully saturated rings. The monoisotopic (exact) mass is 281 g/mol. The van der Waals surface area contributed by atoms with E-state index >= 15 is 0 Å². The van der Waals surface area contributed by atoms with E-state index in [4.69, 9.17) is 4.74 Å². The second-order valence-corrected chi connectivity index (χ2v) is 4.91. The van der Waals surface area contributed by atoms with E-state index in [-0.39, 0.29) is 11.7 Å². The van der Waals surface area contributed by atoms with Crippen LogP contribution in [0.2, 0.25) is 0 Å². The summed E-state index contributed by atoms with van der Waals surface area (Å²) in [6, 6.07) is 14.3. The van der Waals surface area contributed by atoms with Crippen LogP contribution in [-0.4, -0.2) is 24.8 Å². The second-order valence-electron chi connectivity index (χ2n) is 4.91. The van der Waals surface area contributed by atoms with Crippen LogP contribution >= 0.6 is 0 Å². The first-order valence-electron chi connectivity index (χ1n) is 6.81. The standard InChI is InChI=1S/C17H15NO3/c1-12(19)14-7-8-16-15(11-14)18(9-10-21-16)17(20)13-5-3-2-4-6-13/h2-8,11H,9-10H2,1H3. The first-order chi connectivity index (χ1) is 10.2. The molecule has 1 heterocycles. The topological polar surface area (TPSA) is 46.6 Å². The van der Waals surface area contributed by atoms with Crippen LogP contribution in [0.1, 0.15) is 27.6 Å². The minimum absolute atomic E-state index is 0.0320. The molecule has 0 spiro atoms. The SMILES string of the molecule is CC(=O)c1ccc2c(c1)N(C(=O)c1ccccc1)CCO2. The molecule has 1 amide bonds. The van der Waals surface area contributed by atoms with E-state index in [0.717, 1.165) is 0 Å². The fraction of sp³-hybridized carbons (Fsp3) is 0.176. The van der Waals surface area contributed by atoms with E-state index in [9.17, 15) is 9.59 Å². The van der Waals surface area contributed by atoms with Crippen molar-refractivity contribution in [3.63, 3.8) is 0 Å². The zero-order chi connectivity index (χ0) is 14.8. The van der Waals surface area contributed by atoms with Gasteiger partial charge in [0.25, 0.3) is 5.91 Å². The molecule has 1 aliphatic rings. The summed E-state index contributed by atoms with van der Waals surface area (Å²) < 4.78 is 5.57. The Kier molecular flexibility index (Phi) is 3.44. The van der Waals surface area contributed by atoms with Crippen molar-refractivity contribution in [2.75, 3.05) is 18.1 Å². The Balaban J connectivity index is 2.01. The van der Waals surface area contributed by atoms with Crippen molar-refractivity contribution in [3.05, 3.63) is 59.7 Å². The smallest absolute Gasteiger partial charge is 0.258 e. The number of amides is 1. The molecule has 0 saturated carbocycles. The number of hydrogen-bond acceptors (Lipinski definition) is 3. The van der Waals surface area contributed by atoms with E-state index in [2.05, 4.69) is 0 Å². The molecule has 0 N–H and O–H groups in total. The summed E-state index contributed by atoms with van der Waals surface area (Å²) >= 11 is 0. The highest BCUT2D eigenvalue weighted by molar-refractivity contribution is 6.08. The van der Waals surface area contributed by atoms with Gasteiger partial charge >= 0.3 is 0 Å². The summed E-state index contributed by atoms with van der Waals surface area (Å²) in [4.78, 5) is 25.8. The molecule has 2 aromatic carbocycles. The summed E-state index contributed by atoms with van der Waals surface area (Å²) in [6.07, 6.45) is 0. The van der Waals surface area contributed by atoms with Gasteiger partial charge in [0, 0.05) is 11.1 Å². The lowest BCUT2D eigenvalue weighted by atomic mass is 10.1. The highest BCUT2D eigenvalue weighted by Gasteiger charge is 2.25. The van der Waals surface area contributed by atoms with Crippen LogP contribution in [-0.2, 0) is 0 Å². The molecule has 0 aromatic heterocycles. The molecule has 0 aliphatic carbocycles. The number of carbonyl (C=O) groups excluding carboxylic acids is 2. The lowest BCUT2D eigenvalue weighted by Crippen LogP contribution is -2.38. The second kappa shape index (κ2) is 5.40. The summed E-state index contributed by atoms with van der Waals surface area (Å²) in [6.45, 7) is 2.43. The van der Waals surface area contributed by atoms with Crippen LogP contribution < -0.4 is 9.64 Å². The minimum atomic E-state index is -0.0825. The van der Waals surface area contributed by atoms with Crippen molar-refractivity contribution in [3.8, 4) is 5.75 Å². The van der Waals surface area contributed by atoms with Crippen molar-refractivity contribution < 1.29 is 14.3 Å². The van der Waals surface area contributed by atoms with Gasteiger partial charge in [-0.05, 0) is 37.3 Å². The number of ether oxygens (including phenoxy) is 1. The third-order valence-electron chi connectivity index (χ3n) is 3.49. The van der Waals surface area contributed by atoms with Crippen LogP contribution in [0.4, 0.5) is 5.69 Å². The summed E-state index contributed by atoms with van der Waals surface area (Å²) in [5, 5.41) is 0. The van der Waals surface area contributed by atoms with E-state index in [1.165, 1.54) is 6.92 Å². The van der Waals surface area contributed by atoms with Gasteiger partial charge in [0.15, 0.2) is 5.78 Å². The predicted octanol–water partition coefficient (Wildman–Crippen LogP) is 2.93. The van der Waals surface area contributed by atoms with Crippen LogP contribution in [0.15, 0.2) is 48.5 Å². The van der Waals surface area contributed by atoms with Crippen molar-refractivity contribution in [1.29, 1.82) is 0 Å². The molecule has 4 heteroatoms. The Bertz CT molecular complexity index is 694. The third kappa shape index (κ3) is 2.52. The highest BCUT2D eigenvalue weighted by Crippen LogP contribution is 2.33. The van der Waals surface area contributed by atoms with Gasteiger partial charge in [0.1, 0.15) is 12.4 Å². The number of anilines is 1. The highest BCUT2D eigenvalue weighted by atomic mass is 16.5. The molecule has 2 aromatic rings. The Morgan fingerprint density at radius 3 is 2.52 bits per heavy atom. The average molecular weight is 281 g/mol. The number of benzene rings is 2. The first kappa shape index (κ1) is 13.4. The molecular weight excluding hydrogens is 266 g/mol. The number of ketones is 1. The molecule has 0 bridgehead atoms. The maximum atomic E-state index is 12.6. The lowest BCUT2D eigenvalue weighted by molar-refractivity contribution is 0.0973. The number of carbonyl (C=O) groups is 2. The number of Topliss-reactive ketones (excluding diaryl/α,β-unsaturated/α-hetero) is 1. The molecule has 1 aliphatic heterocycles. The molecule has 21 heavy (non-hydrogen) atoms. The Labute approximate surface area is 123 Å². The van der Waals surface area contributed by atoms with Crippen molar-refractivity contribution in [1.82, 2.24) is 0 Å². The third-order valence-corrected chi connectivity index (χ3v) is 3.49. The fourth-order valence-corrected chi connectivity index (χ4v) is 2.38. The Hall–Kier alpha value is -2.62. The van der Waals surface area contributed by atoms with Gasteiger partial charge < -0.3 is 9.64 Å². The zero-order valence-electron chi connectivity index (χ0n) is 11.7. The van der Waals surface area contributed by atoms with E-state index in [1.54, 1.807) is 35.2 Å². The largest absolute Gasteiger partial charge is 0.490 e. The molecule has 4 nitrogen and oxygen atoms in total. The summed E-state index contributed by atoms with van der Waals surface area (Å²) in [7, 11) is 0. The van der Waals surface area contributed by atoms with Gasteiger partial charge in [-0.3, -0.25) is 9.59 Å². The normalized spacial score (nSPS) is 13.3. The van der Waals surface area contributed by atoms with Crippen LogP contribution in [0.5, 0.6) is 5.75 Å². The minimum Gasteiger partial charge on any atom is -0.490 e. The van der Waals surface area contributed by atoms with Gasteiger partial charge in [-0.25, -0.2) is 0 Å². The van der Waals surface area contributed by atoms with E-state index in [0.29, 0.717) is 35.7 Å². The number of nitrogens with zero attached hydrogens (tertiary/aromatic N) is 1. The van der Waals surface area contributed by atoms with Crippen molar-refractivity contribution in [2.45, 2.75) is 6.92 Å². The van der Waals surface area contributed by atoms with Crippen molar-refractivity contribution in [2.24, 2.45) is 0 Å². The van der Waals surface area contributed by atoms with Crippen LogP contribution in [0.3, 0.4) is 0 Å². The van der Waals surface area contributed by atoms with Gasteiger partial charge in [-0.1, -0.05) is 18.2 Å². The van der Waals surface area contributed by atoms with Crippen LogP contribution in [0.25, 0.3) is 0 Å². The molecule has 0 saturated heterocycles. The Morgan fingerprint density at radius 1 is 1.05 bits per heavy atom. The number of fused-ring (bicyclic) bond motifs is 1. The quantitative estimate of drug-likeness (QED) is 0.795. The first-order valence-corrected chi connectivity index (χ1v) is 6.81. The zero-order valence-corrected chi connectivity index (χ0v) is 11.7. The van der Waals surface area contributed by atoms with Crippen LogP contribution in [0, 0.1) is 0 Å². The predicted molar refractivity (Wildman–Crippen MR) is 80.1 cm³/mol. The summed E-state index contributed by atoms with van der Waals surface area (Å²) in [5.41, 5.74) is 1.85. The molecule has 0 atom stereocenters. The fourth-order valence-electron chi connectivity index (χ4n) is 2.38. The molecule has 0 radical (unpaired) electrons. The summed E-state index contributed by atoms with van der Waals surface area (Å²) in [5.74, 6) is 0.520.